The first-order valence-corrected chi connectivity index (χ1v) is 7.55. The molecule has 1 amide bonds. The van der Waals surface area contributed by atoms with E-state index in [0.29, 0.717) is 24.2 Å². The van der Waals surface area contributed by atoms with Gasteiger partial charge in [-0.15, -0.1) is 0 Å². The molecule has 0 fully saturated rings. The maximum absolute atomic E-state index is 13.3. The number of carbonyl (C=O) groups excluding carboxylic acids is 1. The zero-order chi connectivity index (χ0) is 16.9. The summed E-state index contributed by atoms with van der Waals surface area (Å²) in [7, 11) is 1.60. The molecule has 1 atom stereocenters. The van der Waals surface area contributed by atoms with Crippen LogP contribution in [0, 0.1) is 5.82 Å². The third kappa shape index (κ3) is 3.71. The molecular formula is C18H17FN2O3. The Hall–Kier alpha value is -2.89. The Morgan fingerprint density at radius 2 is 2.12 bits per heavy atom. The van der Waals surface area contributed by atoms with Crippen LogP contribution in [0.1, 0.15) is 17.5 Å². The molecule has 0 unspecified atom stereocenters. The van der Waals surface area contributed by atoms with E-state index < -0.39 is 6.10 Å². The second kappa shape index (κ2) is 7.12. The molecule has 1 aliphatic heterocycles. The first kappa shape index (κ1) is 16.0. The molecule has 0 saturated heterocycles. The lowest BCUT2D eigenvalue weighted by atomic mass is 10.0. The molecule has 2 aromatic carbocycles. The number of carbonyl (C=O) groups is 1. The Labute approximate surface area is 139 Å². The van der Waals surface area contributed by atoms with Crippen molar-refractivity contribution >= 4 is 11.6 Å². The number of nitrogens with one attached hydrogen (secondary N) is 1. The summed E-state index contributed by atoms with van der Waals surface area (Å²) in [6.07, 6.45) is -0.376. The van der Waals surface area contributed by atoms with Gasteiger partial charge in [0.15, 0.2) is 0 Å². The largest absolute Gasteiger partial charge is 0.497 e. The molecular weight excluding hydrogens is 311 g/mol. The van der Waals surface area contributed by atoms with E-state index in [1.54, 1.807) is 19.2 Å². The summed E-state index contributed by atoms with van der Waals surface area (Å²) in [6.45, 7) is 0.387. The normalized spacial score (nSPS) is 16.2. The minimum atomic E-state index is -0.693. The average molecular weight is 328 g/mol. The van der Waals surface area contributed by atoms with Gasteiger partial charge in [-0.1, -0.05) is 29.4 Å². The third-order valence-corrected chi connectivity index (χ3v) is 3.74. The number of amides is 1. The van der Waals surface area contributed by atoms with E-state index in [-0.39, 0.29) is 11.7 Å². The number of methoxy groups -OCH3 is 1. The van der Waals surface area contributed by atoms with Gasteiger partial charge in [-0.3, -0.25) is 4.79 Å². The van der Waals surface area contributed by atoms with E-state index in [9.17, 15) is 9.18 Å². The third-order valence-electron chi connectivity index (χ3n) is 3.74. The second-order valence-corrected chi connectivity index (χ2v) is 5.41. The molecule has 0 bridgehead atoms. The summed E-state index contributed by atoms with van der Waals surface area (Å²) in [5.41, 5.74) is 2.15. The number of hydrogen-bond acceptors (Lipinski definition) is 4. The van der Waals surface area contributed by atoms with Gasteiger partial charge >= 0.3 is 0 Å². The van der Waals surface area contributed by atoms with Crippen molar-refractivity contribution in [3.8, 4) is 5.75 Å². The lowest BCUT2D eigenvalue weighted by Crippen LogP contribution is -2.34. The standard InChI is InChI=1S/C18H17FN2O3/c1-23-15-7-5-12(6-8-15)11-20-18(22)17-10-16(21-24-17)13-3-2-4-14(19)9-13/h2-9,17H,10-11H2,1H3,(H,20,22)/t17-/m0/s1. The van der Waals surface area contributed by atoms with Crippen molar-refractivity contribution in [2.24, 2.45) is 5.16 Å². The van der Waals surface area contributed by atoms with Gasteiger partial charge in [0, 0.05) is 18.5 Å². The number of nitrogens with zero attached hydrogens (tertiary/aromatic N) is 1. The highest BCUT2D eigenvalue weighted by Gasteiger charge is 2.28. The van der Waals surface area contributed by atoms with Crippen LogP contribution in [0.5, 0.6) is 5.75 Å². The fourth-order valence-electron chi connectivity index (χ4n) is 2.40. The summed E-state index contributed by atoms with van der Waals surface area (Å²) in [4.78, 5) is 17.4. The van der Waals surface area contributed by atoms with Crippen molar-refractivity contribution in [2.45, 2.75) is 19.1 Å². The molecule has 0 aliphatic carbocycles. The summed E-state index contributed by atoms with van der Waals surface area (Å²) >= 11 is 0. The molecule has 3 rings (SSSR count). The summed E-state index contributed by atoms with van der Waals surface area (Å²) < 4.78 is 18.3. The monoisotopic (exact) mass is 328 g/mol. The van der Waals surface area contributed by atoms with E-state index in [1.807, 2.05) is 24.3 Å². The molecule has 1 heterocycles. The lowest BCUT2D eigenvalue weighted by molar-refractivity contribution is -0.131. The number of hydrogen-bond donors (Lipinski definition) is 1. The van der Waals surface area contributed by atoms with Crippen LogP contribution >= 0.6 is 0 Å². The van der Waals surface area contributed by atoms with E-state index in [1.165, 1.54) is 12.1 Å². The van der Waals surface area contributed by atoms with Gasteiger partial charge in [0.05, 0.1) is 12.8 Å². The zero-order valence-electron chi connectivity index (χ0n) is 13.2. The number of oxime groups is 1. The highest BCUT2D eigenvalue weighted by molar-refractivity contribution is 6.04. The van der Waals surface area contributed by atoms with Crippen LogP contribution in [-0.4, -0.2) is 24.8 Å². The molecule has 24 heavy (non-hydrogen) atoms. The molecule has 0 spiro atoms. The fraction of sp³-hybridized carbons (Fsp3) is 0.222. The highest BCUT2D eigenvalue weighted by atomic mass is 19.1. The van der Waals surface area contributed by atoms with Crippen molar-refractivity contribution in [2.75, 3.05) is 7.11 Å². The van der Waals surface area contributed by atoms with Crippen LogP contribution in [0.3, 0.4) is 0 Å². The van der Waals surface area contributed by atoms with Crippen LogP contribution in [-0.2, 0) is 16.2 Å². The number of benzene rings is 2. The van der Waals surface area contributed by atoms with E-state index in [4.69, 9.17) is 9.57 Å². The van der Waals surface area contributed by atoms with Crippen molar-refractivity contribution in [1.29, 1.82) is 0 Å². The molecule has 6 heteroatoms. The minimum absolute atomic E-state index is 0.249. The van der Waals surface area contributed by atoms with E-state index >= 15 is 0 Å². The predicted molar refractivity (Wildman–Crippen MR) is 87.3 cm³/mol. The van der Waals surface area contributed by atoms with Gasteiger partial charge in [0.25, 0.3) is 5.91 Å². The Balaban J connectivity index is 1.53. The van der Waals surface area contributed by atoms with Crippen LogP contribution in [0.15, 0.2) is 53.7 Å². The van der Waals surface area contributed by atoms with Crippen molar-refractivity contribution in [3.05, 3.63) is 65.5 Å². The van der Waals surface area contributed by atoms with Crippen LogP contribution in [0.2, 0.25) is 0 Å². The molecule has 0 radical (unpaired) electrons. The van der Waals surface area contributed by atoms with E-state index in [2.05, 4.69) is 10.5 Å². The summed E-state index contributed by atoms with van der Waals surface area (Å²) in [6, 6.07) is 13.5. The first-order chi connectivity index (χ1) is 11.7. The maximum atomic E-state index is 13.3. The van der Waals surface area contributed by atoms with Crippen molar-refractivity contribution < 1.29 is 18.8 Å². The molecule has 1 N–H and O–H groups in total. The first-order valence-electron chi connectivity index (χ1n) is 7.55. The van der Waals surface area contributed by atoms with Gasteiger partial charge in [-0.05, 0) is 29.8 Å². The van der Waals surface area contributed by atoms with Crippen LogP contribution < -0.4 is 10.1 Å². The zero-order valence-corrected chi connectivity index (χ0v) is 13.2. The smallest absolute Gasteiger partial charge is 0.264 e. The van der Waals surface area contributed by atoms with Crippen molar-refractivity contribution in [3.63, 3.8) is 0 Å². The minimum Gasteiger partial charge on any atom is -0.497 e. The van der Waals surface area contributed by atoms with E-state index in [0.717, 1.165) is 11.3 Å². The number of halogens is 1. The van der Waals surface area contributed by atoms with Gasteiger partial charge in [-0.25, -0.2) is 4.39 Å². The van der Waals surface area contributed by atoms with Gasteiger partial charge in [0.1, 0.15) is 11.6 Å². The quantitative estimate of drug-likeness (QED) is 0.918. The Kier molecular flexibility index (Phi) is 4.74. The summed E-state index contributed by atoms with van der Waals surface area (Å²) in [5.74, 6) is 0.168. The highest BCUT2D eigenvalue weighted by Crippen LogP contribution is 2.18. The molecule has 5 nitrogen and oxygen atoms in total. The second-order valence-electron chi connectivity index (χ2n) is 5.41. The fourth-order valence-corrected chi connectivity index (χ4v) is 2.40. The van der Waals surface area contributed by atoms with Gasteiger partial charge in [-0.2, -0.15) is 0 Å². The Morgan fingerprint density at radius 3 is 2.83 bits per heavy atom. The lowest BCUT2D eigenvalue weighted by Gasteiger charge is -2.10. The maximum Gasteiger partial charge on any atom is 0.264 e. The summed E-state index contributed by atoms with van der Waals surface area (Å²) in [5, 5.41) is 6.71. The number of ether oxygens (including phenoxy) is 1. The SMILES string of the molecule is COc1ccc(CNC(=O)[C@@H]2CC(c3cccc(F)c3)=NO2)cc1. The van der Waals surface area contributed by atoms with Crippen molar-refractivity contribution in [1.82, 2.24) is 5.32 Å². The average Bonchev–Trinajstić information content (AvgIpc) is 3.10. The Morgan fingerprint density at radius 1 is 1.33 bits per heavy atom. The molecule has 0 saturated carbocycles. The molecule has 1 aliphatic rings. The molecule has 2 aromatic rings. The van der Waals surface area contributed by atoms with Gasteiger partial charge in [0.2, 0.25) is 6.10 Å². The van der Waals surface area contributed by atoms with Gasteiger partial charge < -0.3 is 14.9 Å². The topological polar surface area (TPSA) is 59.9 Å². The molecule has 124 valence electrons. The number of rotatable bonds is 5. The molecule has 0 aromatic heterocycles. The van der Waals surface area contributed by atoms with Crippen LogP contribution in [0.25, 0.3) is 0 Å². The van der Waals surface area contributed by atoms with Crippen LogP contribution in [0.4, 0.5) is 4.39 Å². The Bertz CT molecular complexity index is 759. The predicted octanol–water partition coefficient (Wildman–Crippen LogP) is 2.64.